The number of benzene rings is 2. The lowest BCUT2D eigenvalue weighted by Gasteiger charge is -2.32. The Bertz CT molecular complexity index is 667. The Hall–Kier alpha value is -1.62. The summed E-state index contributed by atoms with van der Waals surface area (Å²) in [4.78, 5) is 0. The molecule has 2 aromatic rings. The molecule has 3 rings (SSSR count). The fourth-order valence-electron chi connectivity index (χ4n) is 2.88. The minimum absolute atomic E-state index is 0.282. The van der Waals surface area contributed by atoms with Gasteiger partial charge in [0.25, 0.3) is 0 Å². The van der Waals surface area contributed by atoms with Gasteiger partial charge in [-0.15, -0.1) is 0 Å². The van der Waals surface area contributed by atoms with E-state index in [-0.39, 0.29) is 18.3 Å². The number of nitrogens with one attached hydrogen (secondary N) is 1. The van der Waals surface area contributed by atoms with Crippen LogP contribution in [0.2, 0.25) is 0 Å². The lowest BCUT2D eigenvalue weighted by Crippen LogP contribution is -2.41. The minimum Gasteiger partial charge on any atom is -0.399 e. The highest BCUT2D eigenvalue weighted by Gasteiger charge is 2.51. The Kier molecular flexibility index (Phi) is 5.33. The third-order valence-corrected chi connectivity index (χ3v) is 5.27. The summed E-state index contributed by atoms with van der Waals surface area (Å²) in [6, 6.07) is 19.1. The molecule has 1 aliphatic rings. The van der Waals surface area contributed by atoms with Crippen molar-refractivity contribution in [1.29, 1.82) is 0 Å². The van der Waals surface area contributed by atoms with Gasteiger partial charge >= 0.3 is 7.12 Å². The number of hydrogen-bond acceptors (Lipinski definition) is 3. The van der Waals surface area contributed by atoms with E-state index in [0.29, 0.717) is 0 Å². The SMILES string of the molecule is CC1(C)OB(c2ccc(CCNCc3ccccc3)cc2)OC1(C)C. The van der Waals surface area contributed by atoms with Gasteiger partial charge < -0.3 is 14.6 Å². The van der Waals surface area contributed by atoms with Crippen molar-refractivity contribution in [2.75, 3.05) is 6.54 Å². The third-order valence-electron chi connectivity index (χ3n) is 5.27. The van der Waals surface area contributed by atoms with E-state index in [2.05, 4.69) is 81.5 Å². The van der Waals surface area contributed by atoms with Crippen molar-refractivity contribution in [3.8, 4) is 0 Å². The summed E-state index contributed by atoms with van der Waals surface area (Å²) in [5.74, 6) is 0. The standard InChI is InChI=1S/C21H28BNO2/c1-20(2)21(3,4)25-22(24-20)19-12-10-17(11-13-19)14-15-23-16-18-8-6-5-7-9-18/h5-13,23H,14-16H2,1-4H3. The minimum atomic E-state index is -0.294. The van der Waals surface area contributed by atoms with Crippen LogP contribution in [0.25, 0.3) is 0 Å². The Morgan fingerprint density at radius 3 is 2.00 bits per heavy atom. The molecule has 1 fully saturated rings. The van der Waals surface area contributed by atoms with Gasteiger partial charge in [-0.05, 0) is 57.3 Å². The molecule has 0 saturated carbocycles. The highest BCUT2D eigenvalue weighted by Crippen LogP contribution is 2.36. The lowest BCUT2D eigenvalue weighted by atomic mass is 9.79. The monoisotopic (exact) mass is 337 g/mol. The van der Waals surface area contributed by atoms with Gasteiger partial charge in [-0.3, -0.25) is 0 Å². The van der Waals surface area contributed by atoms with Crippen molar-refractivity contribution >= 4 is 12.6 Å². The summed E-state index contributed by atoms with van der Waals surface area (Å²) >= 11 is 0. The molecular formula is C21H28BNO2. The quantitative estimate of drug-likeness (QED) is 0.648. The molecule has 1 saturated heterocycles. The van der Waals surface area contributed by atoms with Gasteiger partial charge in [0, 0.05) is 6.54 Å². The summed E-state index contributed by atoms with van der Waals surface area (Å²) < 4.78 is 12.2. The highest BCUT2D eigenvalue weighted by atomic mass is 16.7. The molecule has 1 N–H and O–H groups in total. The van der Waals surface area contributed by atoms with Crippen molar-refractivity contribution in [2.24, 2.45) is 0 Å². The van der Waals surface area contributed by atoms with Gasteiger partial charge in [-0.2, -0.15) is 0 Å². The van der Waals surface area contributed by atoms with Crippen LogP contribution in [0, 0.1) is 0 Å². The first-order valence-electron chi connectivity index (χ1n) is 9.06. The second-order valence-electron chi connectivity index (χ2n) is 7.74. The van der Waals surface area contributed by atoms with Crippen LogP contribution < -0.4 is 10.8 Å². The average Bonchev–Trinajstić information content (AvgIpc) is 2.81. The zero-order valence-electron chi connectivity index (χ0n) is 15.7. The smallest absolute Gasteiger partial charge is 0.399 e. The van der Waals surface area contributed by atoms with Crippen LogP contribution in [0.1, 0.15) is 38.8 Å². The molecule has 0 spiro atoms. The Labute approximate surface area is 151 Å². The van der Waals surface area contributed by atoms with Crippen LogP contribution in [-0.2, 0) is 22.3 Å². The zero-order chi connectivity index (χ0) is 17.9. The Balaban J connectivity index is 1.49. The van der Waals surface area contributed by atoms with Crippen LogP contribution in [0.15, 0.2) is 54.6 Å². The Morgan fingerprint density at radius 2 is 1.40 bits per heavy atom. The van der Waals surface area contributed by atoms with E-state index >= 15 is 0 Å². The van der Waals surface area contributed by atoms with Crippen molar-refractivity contribution in [3.05, 3.63) is 65.7 Å². The van der Waals surface area contributed by atoms with Gasteiger partial charge in [-0.25, -0.2) is 0 Å². The van der Waals surface area contributed by atoms with E-state index in [9.17, 15) is 0 Å². The normalized spacial score (nSPS) is 18.5. The van der Waals surface area contributed by atoms with E-state index < -0.39 is 0 Å². The van der Waals surface area contributed by atoms with Gasteiger partial charge in [-0.1, -0.05) is 54.6 Å². The maximum atomic E-state index is 6.10. The van der Waals surface area contributed by atoms with E-state index in [1.54, 1.807) is 0 Å². The number of hydrogen-bond donors (Lipinski definition) is 1. The lowest BCUT2D eigenvalue weighted by molar-refractivity contribution is 0.00578. The van der Waals surface area contributed by atoms with Crippen LogP contribution >= 0.6 is 0 Å². The largest absolute Gasteiger partial charge is 0.494 e. The van der Waals surface area contributed by atoms with Crippen LogP contribution in [0.5, 0.6) is 0 Å². The molecule has 1 heterocycles. The molecule has 0 radical (unpaired) electrons. The number of rotatable bonds is 6. The average molecular weight is 337 g/mol. The molecule has 4 heteroatoms. The first-order chi connectivity index (χ1) is 11.9. The molecule has 2 aromatic carbocycles. The van der Waals surface area contributed by atoms with E-state index in [1.807, 2.05) is 6.07 Å². The van der Waals surface area contributed by atoms with E-state index in [0.717, 1.165) is 25.0 Å². The molecule has 0 aliphatic carbocycles. The molecule has 25 heavy (non-hydrogen) atoms. The summed E-state index contributed by atoms with van der Waals surface area (Å²) in [6.07, 6.45) is 1.01. The molecule has 3 nitrogen and oxygen atoms in total. The maximum absolute atomic E-state index is 6.10. The second-order valence-corrected chi connectivity index (χ2v) is 7.74. The summed E-state index contributed by atoms with van der Waals surface area (Å²) in [7, 11) is -0.282. The maximum Gasteiger partial charge on any atom is 0.494 e. The molecule has 0 atom stereocenters. The van der Waals surface area contributed by atoms with Crippen LogP contribution in [-0.4, -0.2) is 24.9 Å². The third kappa shape index (κ3) is 4.32. The second kappa shape index (κ2) is 7.32. The molecular weight excluding hydrogens is 309 g/mol. The molecule has 0 unspecified atom stereocenters. The fraction of sp³-hybridized carbons (Fsp3) is 0.429. The predicted molar refractivity (Wildman–Crippen MR) is 104 cm³/mol. The van der Waals surface area contributed by atoms with Gasteiger partial charge in [0.15, 0.2) is 0 Å². The van der Waals surface area contributed by atoms with Crippen molar-refractivity contribution < 1.29 is 9.31 Å². The molecule has 0 aromatic heterocycles. The summed E-state index contributed by atoms with van der Waals surface area (Å²) in [6.45, 7) is 10.2. The van der Waals surface area contributed by atoms with Crippen molar-refractivity contribution in [1.82, 2.24) is 5.32 Å². The van der Waals surface area contributed by atoms with E-state index in [1.165, 1.54) is 11.1 Å². The van der Waals surface area contributed by atoms with Crippen LogP contribution in [0.3, 0.4) is 0 Å². The van der Waals surface area contributed by atoms with Crippen molar-refractivity contribution in [3.63, 3.8) is 0 Å². The van der Waals surface area contributed by atoms with Crippen molar-refractivity contribution in [2.45, 2.75) is 51.9 Å². The van der Waals surface area contributed by atoms with Crippen LogP contribution in [0.4, 0.5) is 0 Å². The molecule has 0 amide bonds. The fourth-order valence-corrected chi connectivity index (χ4v) is 2.88. The molecule has 132 valence electrons. The van der Waals surface area contributed by atoms with Gasteiger partial charge in [0.05, 0.1) is 11.2 Å². The highest BCUT2D eigenvalue weighted by molar-refractivity contribution is 6.62. The Morgan fingerprint density at radius 1 is 0.800 bits per heavy atom. The van der Waals surface area contributed by atoms with Gasteiger partial charge in [0.2, 0.25) is 0 Å². The first-order valence-corrected chi connectivity index (χ1v) is 9.06. The zero-order valence-corrected chi connectivity index (χ0v) is 15.7. The predicted octanol–water partition coefficient (Wildman–Crippen LogP) is 3.32. The van der Waals surface area contributed by atoms with Gasteiger partial charge in [0.1, 0.15) is 0 Å². The summed E-state index contributed by atoms with van der Waals surface area (Å²) in [5.41, 5.74) is 3.13. The topological polar surface area (TPSA) is 30.5 Å². The molecule has 0 bridgehead atoms. The first kappa shape index (κ1) is 18.2. The molecule has 1 aliphatic heterocycles. The summed E-state index contributed by atoms with van der Waals surface area (Å²) in [5, 5.41) is 3.49. The van der Waals surface area contributed by atoms with E-state index in [4.69, 9.17) is 9.31 Å².